The zero-order chi connectivity index (χ0) is 24.1. The quantitative estimate of drug-likeness (QED) is 0.191. The van der Waals surface area contributed by atoms with Crippen molar-refractivity contribution in [2.24, 2.45) is 0 Å². The van der Waals surface area contributed by atoms with Gasteiger partial charge >= 0.3 is 210 Å². The second-order valence-electron chi connectivity index (χ2n) is 9.61. The van der Waals surface area contributed by atoms with Gasteiger partial charge in [0.1, 0.15) is 0 Å². The van der Waals surface area contributed by atoms with E-state index in [2.05, 4.69) is 77.9 Å². The summed E-state index contributed by atoms with van der Waals surface area (Å²) in [5, 5.41) is 0. The van der Waals surface area contributed by atoms with E-state index in [-0.39, 0.29) is 0 Å². The van der Waals surface area contributed by atoms with Gasteiger partial charge in [0.05, 0.1) is 0 Å². The summed E-state index contributed by atoms with van der Waals surface area (Å²) in [6, 6.07) is 13.3. The molecule has 3 heteroatoms. The zero-order valence-electron chi connectivity index (χ0n) is 22.3. The Labute approximate surface area is 209 Å². The zero-order valence-corrected chi connectivity index (χ0v) is 25.1. The summed E-state index contributed by atoms with van der Waals surface area (Å²) < 4.78 is 16.5. The molecule has 0 bridgehead atoms. The maximum absolute atomic E-state index is 7.13. The summed E-state index contributed by atoms with van der Waals surface area (Å²) in [4.78, 5) is 0. The summed E-state index contributed by atoms with van der Waals surface area (Å²) in [6.45, 7) is 13.6. The Morgan fingerprint density at radius 2 is 0.970 bits per heavy atom. The summed E-state index contributed by atoms with van der Waals surface area (Å²) >= 11 is -3.44. The molecule has 2 rings (SSSR count). The number of hydrogen-bond donors (Lipinski definition) is 0. The normalized spacial score (nSPS) is 11.6. The van der Waals surface area contributed by atoms with Gasteiger partial charge in [-0.2, -0.15) is 0 Å². The van der Waals surface area contributed by atoms with Crippen LogP contribution in [0.25, 0.3) is 0 Å². The molecule has 0 amide bonds. The molecule has 0 aliphatic carbocycles. The van der Waals surface area contributed by atoms with E-state index in [4.69, 9.17) is 6.15 Å². The molecule has 33 heavy (non-hydrogen) atoms. The Hall–Kier alpha value is -1.16. The topological polar surface area (TPSA) is 18.5 Å². The van der Waals surface area contributed by atoms with Crippen LogP contribution in [0.4, 0.5) is 0 Å². The van der Waals surface area contributed by atoms with Gasteiger partial charge in [-0.3, -0.25) is 0 Å². The third-order valence-electron chi connectivity index (χ3n) is 6.81. The molecule has 0 aliphatic heterocycles. The molecule has 2 aromatic carbocycles. The third-order valence-corrected chi connectivity index (χ3v) is 16.6. The molecule has 0 saturated heterocycles. The van der Waals surface area contributed by atoms with Gasteiger partial charge in [-0.05, 0) is 0 Å². The SMILES string of the molecule is CCCCc1cccc([O][Sn]([CH2]CCC)([CH2]CCC)[O]c2cccc(CCCC)c2C)c1C. The summed E-state index contributed by atoms with van der Waals surface area (Å²) in [7, 11) is 0. The summed E-state index contributed by atoms with van der Waals surface area (Å²) in [5.74, 6) is 2.15. The van der Waals surface area contributed by atoms with Gasteiger partial charge in [-0.15, -0.1) is 0 Å². The first-order chi connectivity index (χ1) is 16.0. The van der Waals surface area contributed by atoms with Gasteiger partial charge in [0, 0.05) is 0 Å². The number of rotatable bonds is 16. The summed E-state index contributed by atoms with van der Waals surface area (Å²) in [5.41, 5.74) is 5.49. The fourth-order valence-corrected chi connectivity index (χ4v) is 15.1. The van der Waals surface area contributed by atoms with Crippen LogP contribution in [0, 0.1) is 13.8 Å². The molecule has 0 atom stereocenters. The molecule has 0 aromatic heterocycles. The van der Waals surface area contributed by atoms with Gasteiger partial charge in [0.2, 0.25) is 0 Å². The van der Waals surface area contributed by atoms with E-state index in [0.717, 1.165) is 33.2 Å². The van der Waals surface area contributed by atoms with Crippen LogP contribution in [0.3, 0.4) is 0 Å². The Balaban J connectivity index is 2.43. The fourth-order valence-electron chi connectivity index (χ4n) is 4.46. The fraction of sp³-hybridized carbons (Fsp3) is 0.600. The number of unbranched alkanes of at least 4 members (excludes halogenated alkanes) is 4. The molecule has 0 saturated carbocycles. The molecular weight excluding hydrogens is 511 g/mol. The average Bonchev–Trinajstić information content (AvgIpc) is 2.82. The van der Waals surface area contributed by atoms with Gasteiger partial charge in [-0.25, -0.2) is 0 Å². The van der Waals surface area contributed by atoms with E-state index >= 15 is 0 Å². The molecule has 0 radical (unpaired) electrons. The Morgan fingerprint density at radius 3 is 1.33 bits per heavy atom. The molecule has 0 unspecified atom stereocenters. The molecule has 2 nitrogen and oxygen atoms in total. The van der Waals surface area contributed by atoms with Crippen LogP contribution >= 0.6 is 0 Å². The first-order valence-corrected chi connectivity index (χ1v) is 19.9. The van der Waals surface area contributed by atoms with Crippen molar-refractivity contribution in [2.45, 2.75) is 115 Å². The van der Waals surface area contributed by atoms with Crippen LogP contribution in [-0.2, 0) is 12.8 Å². The predicted molar refractivity (Wildman–Crippen MR) is 146 cm³/mol. The second kappa shape index (κ2) is 15.0. The standard InChI is InChI=1S/2C11H16O.2C4H9.Sn/c2*1-3-4-6-10-7-5-8-11(12)9(10)2;2*1-3-4-2;/h2*5,7-8,12H,3-4,6H2,1-2H3;2*1,3-4H2,2H3;/q;;;;+2/p-2. The Bertz CT molecular complexity index is 761. The van der Waals surface area contributed by atoms with Crippen LogP contribution in [0.5, 0.6) is 11.5 Å². The van der Waals surface area contributed by atoms with Crippen LogP contribution < -0.4 is 6.15 Å². The monoisotopic (exact) mass is 560 g/mol. The van der Waals surface area contributed by atoms with Crippen LogP contribution in [0.2, 0.25) is 8.87 Å². The first-order valence-electron chi connectivity index (χ1n) is 13.5. The molecule has 0 aliphatic rings. The van der Waals surface area contributed by atoms with Crippen LogP contribution in [0.15, 0.2) is 36.4 Å². The maximum atomic E-state index is 7.13. The van der Waals surface area contributed by atoms with Crippen molar-refractivity contribution in [2.75, 3.05) is 0 Å². The van der Waals surface area contributed by atoms with E-state index in [9.17, 15) is 0 Å². The van der Waals surface area contributed by atoms with E-state index in [0.29, 0.717) is 0 Å². The van der Waals surface area contributed by atoms with Gasteiger partial charge in [0.15, 0.2) is 0 Å². The van der Waals surface area contributed by atoms with Crippen molar-refractivity contribution in [1.82, 2.24) is 0 Å². The van der Waals surface area contributed by atoms with Crippen molar-refractivity contribution in [1.29, 1.82) is 0 Å². The van der Waals surface area contributed by atoms with Crippen molar-refractivity contribution in [3.05, 3.63) is 58.7 Å². The van der Waals surface area contributed by atoms with E-state index < -0.39 is 19.2 Å². The first kappa shape index (κ1) is 28.1. The molecular formula is C30H48O2Sn. The molecule has 0 heterocycles. The van der Waals surface area contributed by atoms with E-state index in [1.54, 1.807) is 0 Å². The number of hydrogen-bond acceptors (Lipinski definition) is 2. The summed E-state index contributed by atoms with van der Waals surface area (Å²) in [6.07, 6.45) is 11.9. The van der Waals surface area contributed by atoms with Crippen molar-refractivity contribution < 1.29 is 6.15 Å². The Morgan fingerprint density at radius 1 is 0.576 bits per heavy atom. The number of benzene rings is 2. The molecule has 0 spiro atoms. The molecule has 2 aromatic rings. The van der Waals surface area contributed by atoms with Crippen LogP contribution in [0.1, 0.15) is 101 Å². The minimum atomic E-state index is -3.44. The van der Waals surface area contributed by atoms with Gasteiger partial charge in [0.25, 0.3) is 0 Å². The second-order valence-corrected chi connectivity index (χ2v) is 18.8. The molecule has 184 valence electrons. The predicted octanol–water partition coefficient (Wildman–Crippen LogP) is 9.49. The van der Waals surface area contributed by atoms with Crippen molar-refractivity contribution in [3.63, 3.8) is 0 Å². The van der Waals surface area contributed by atoms with Crippen molar-refractivity contribution >= 4 is 19.2 Å². The minimum absolute atomic E-state index is 1.08. The number of aryl methyl sites for hydroxylation is 2. The van der Waals surface area contributed by atoms with Gasteiger partial charge in [-0.1, -0.05) is 0 Å². The molecule has 0 fully saturated rings. The Kier molecular flexibility index (Phi) is 12.7. The van der Waals surface area contributed by atoms with E-state index in [1.165, 1.54) is 73.6 Å². The van der Waals surface area contributed by atoms with Crippen molar-refractivity contribution in [3.8, 4) is 11.5 Å². The van der Waals surface area contributed by atoms with E-state index in [1.807, 2.05) is 0 Å². The average molecular weight is 559 g/mol. The molecule has 0 N–H and O–H groups in total. The van der Waals surface area contributed by atoms with Gasteiger partial charge < -0.3 is 0 Å². The third kappa shape index (κ3) is 8.53. The van der Waals surface area contributed by atoms with Crippen LogP contribution in [-0.4, -0.2) is 19.2 Å².